The minimum Gasteiger partial charge on any atom is -0.396 e. The molecule has 19 heavy (non-hydrogen) atoms. The van der Waals surface area contributed by atoms with Crippen molar-refractivity contribution in [1.29, 1.82) is 0 Å². The van der Waals surface area contributed by atoms with E-state index in [9.17, 15) is 0 Å². The summed E-state index contributed by atoms with van der Waals surface area (Å²) in [6.07, 6.45) is 5.89. The van der Waals surface area contributed by atoms with E-state index in [1.807, 2.05) is 0 Å². The third-order valence-electron chi connectivity index (χ3n) is 4.67. The molecule has 2 unspecified atom stereocenters. The molecule has 4 nitrogen and oxygen atoms in total. The smallest absolute Gasteiger partial charge is 0.0547 e. The van der Waals surface area contributed by atoms with Gasteiger partial charge in [-0.1, -0.05) is 6.92 Å². The summed E-state index contributed by atoms with van der Waals surface area (Å²) >= 11 is 0. The van der Waals surface area contributed by atoms with Gasteiger partial charge in [-0.15, -0.1) is 0 Å². The van der Waals surface area contributed by atoms with Crippen LogP contribution in [0.5, 0.6) is 0 Å². The van der Waals surface area contributed by atoms with Crippen molar-refractivity contribution in [3.8, 4) is 0 Å². The Hall–Kier alpha value is -0.160. The maximum absolute atomic E-state index is 9.02. The number of hydrogen-bond acceptors (Lipinski definition) is 4. The van der Waals surface area contributed by atoms with Crippen molar-refractivity contribution in [3.05, 3.63) is 0 Å². The molecule has 0 amide bonds. The van der Waals surface area contributed by atoms with Crippen LogP contribution >= 0.6 is 0 Å². The Balaban J connectivity index is 1.88. The van der Waals surface area contributed by atoms with Crippen molar-refractivity contribution in [2.75, 3.05) is 46.0 Å². The molecule has 2 saturated heterocycles. The van der Waals surface area contributed by atoms with Crippen LogP contribution in [-0.2, 0) is 4.74 Å². The number of likely N-dealkylation sites (tertiary alicyclic amines) is 1. The van der Waals surface area contributed by atoms with E-state index >= 15 is 0 Å². The first-order chi connectivity index (χ1) is 9.29. The minimum absolute atomic E-state index is 0.317. The summed E-state index contributed by atoms with van der Waals surface area (Å²) in [6, 6.07) is 0.686. The highest BCUT2D eigenvalue weighted by atomic mass is 16.5. The van der Waals surface area contributed by atoms with Crippen LogP contribution in [0.2, 0.25) is 0 Å². The Bertz CT molecular complexity index is 255. The molecule has 2 aliphatic rings. The van der Waals surface area contributed by atoms with E-state index in [1.165, 1.54) is 25.8 Å². The molecule has 0 saturated carbocycles. The zero-order valence-electron chi connectivity index (χ0n) is 12.4. The molecule has 0 aromatic carbocycles. The Morgan fingerprint density at radius 2 is 2.37 bits per heavy atom. The third kappa shape index (κ3) is 4.15. The van der Waals surface area contributed by atoms with Gasteiger partial charge in [-0.3, -0.25) is 4.90 Å². The Morgan fingerprint density at radius 3 is 3.05 bits per heavy atom. The molecule has 2 atom stereocenters. The average molecular weight is 270 g/mol. The van der Waals surface area contributed by atoms with Gasteiger partial charge in [-0.25, -0.2) is 0 Å². The van der Waals surface area contributed by atoms with E-state index < -0.39 is 0 Å². The standard InChI is InChI=1S/C15H30N2O2/c1-2-16-11-15(7-10-19-13-15)12-17-8-3-5-14(17)6-4-9-18/h14,16,18H,2-13H2,1H3. The third-order valence-corrected chi connectivity index (χ3v) is 4.67. The number of aliphatic hydroxyl groups is 1. The molecule has 0 radical (unpaired) electrons. The van der Waals surface area contributed by atoms with Crippen molar-refractivity contribution in [3.63, 3.8) is 0 Å². The maximum atomic E-state index is 9.02. The van der Waals surface area contributed by atoms with Crippen molar-refractivity contribution in [2.24, 2.45) is 5.41 Å². The van der Waals surface area contributed by atoms with E-state index in [1.54, 1.807) is 0 Å². The van der Waals surface area contributed by atoms with Crippen LogP contribution in [0.3, 0.4) is 0 Å². The largest absolute Gasteiger partial charge is 0.396 e. The summed E-state index contributed by atoms with van der Waals surface area (Å²) in [5.41, 5.74) is 0.317. The highest BCUT2D eigenvalue weighted by Gasteiger charge is 2.38. The zero-order valence-corrected chi connectivity index (χ0v) is 12.4. The lowest BCUT2D eigenvalue weighted by atomic mass is 9.86. The predicted octanol–water partition coefficient (Wildman–Crippen LogP) is 1.24. The fraction of sp³-hybridized carbons (Fsp3) is 1.00. The van der Waals surface area contributed by atoms with Gasteiger partial charge >= 0.3 is 0 Å². The van der Waals surface area contributed by atoms with Crippen LogP contribution in [0, 0.1) is 5.41 Å². The maximum Gasteiger partial charge on any atom is 0.0547 e. The van der Waals surface area contributed by atoms with Gasteiger partial charge in [0.05, 0.1) is 6.61 Å². The van der Waals surface area contributed by atoms with E-state index in [4.69, 9.17) is 9.84 Å². The van der Waals surface area contributed by atoms with Crippen molar-refractivity contribution >= 4 is 0 Å². The molecule has 0 aromatic heterocycles. The van der Waals surface area contributed by atoms with E-state index in [0.717, 1.165) is 45.7 Å². The fourth-order valence-electron chi connectivity index (χ4n) is 3.55. The molecular formula is C15H30N2O2. The molecule has 2 aliphatic heterocycles. The number of aliphatic hydroxyl groups excluding tert-OH is 1. The summed E-state index contributed by atoms with van der Waals surface area (Å²) in [5.74, 6) is 0. The lowest BCUT2D eigenvalue weighted by Crippen LogP contribution is -2.46. The molecule has 2 fully saturated rings. The molecule has 0 aliphatic carbocycles. The molecule has 2 N–H and O–H groups in total. The summed E-state index contributed by atoms with van der Waals surface area (Å²) in [4.78, 5) is 2.65. The average Bonchev–Trinajstić information content (AvgIpc) is 3.05. The first kappa shape index (κ1) is 15.2. The van der Waals surface area contributed by atoms with Crippen LogP contribution in [0.25, 0.3) is 0 Å². The highest BCUT2D eigenvalue weighted by molar-refractivity contribution is 4.92. The number of hydrogen-bond donors (Lipinski definition) is 2. The Kier molecular flexibility index (Phi) is 6.07. The lowest BCUT2D eigenvalue weighted by Gasteiger charge is -2.35. The van der Waals surface area contributed by atoms with Crippen LogP contribution in [0.1, 0.15) is 39.0 Å². The van der Waals surface area contributed by atoms with E-state index in [0.29, 0.717) is 18.1 Å². The summed E-state index contributed by atoms with van der Waals surface area (Å²) in [6.45, 7) is 8.83. The number of nitrogens with zero attached hydrogens (tertiary/aromatic N) is 1. The molecule has 112 valence electrons. The van der Waals surface area contributed by atoms with Crippen LogP contribution in [-0.4, -0.2) is 62.0 Å². The number of rotatable bonds is 8. The molecule has 2 rings (SSSR count). The van der Waals surface area contributed by atoms with Gasteiger partial charge in [0.25, 0.3) is 0 Å². The predicted molar refractivity (Wildman–Crippen MR) is 77.3 cm³/mol. The molecule has 4 heteroatoms. The topological polar surface area (TPSA) is 44.7 Å². The fourth-order valence-corrected chi connectivity index (χ4v) is 3.55. The zero-order chi connectivity index (χ0) is 13.6. The van der Waals surface area contributed by atoms with Crippen LogP contribution < -0.4 is 5.32 Å². The summed E-state index contributed by atoms with van der Waals surface area (Å²) in [5, 5.41) is 12.5. The van der Waals surface area contributed by atoms with Crippen LogP contribution in [0.4, 0.5) is 0 Å². The first-order valence-electron chi connectivity index (χ1n) is 7.93. The molecule has 0 spiro atoms. The number of nitrogens with one attached hydrogen (secondary N) is 1. The molecule has 0 aromatic rings. The quantitative estimate of drug-likeness (QED) is 0.696. The SMILES string of the molecule is CCNCC1(CN2CCCC2CCCO)CCOC1. The second kappa shape index (κ2) is 7.58. The first-order valence-corrected chi connectivity index (χ1v) is 7.93. The van der Waals surface area contributed by atoms with E-state index in [-0.39, 0.29) is 0 Å². The monoisotopic (exact) mass is 270 g/mol. The van der Waals surface area contributed by atoms with Gasteiger partial charge in [0.2, 0.25) is 0 Å². The van der Waals surface area contributed by atoms with Gasteiger partial charge < -0.3 is 15.2 Å². The van der Waals surface area contributed by atoms with E-state index in [2.05, 4.69) is 17.1 Å². The second-order valence-electron chi connectivity index (χ2n) is 6.22. The normalized spacial score (nSPS) is 32.2. The Morgan fingerprint density at radius 1 is 1.47 bits per heavy atom. The summed E-state index contributed by atoms with van der Waals surface area (Å²) in [7, 11) is 0. The molecule has 0 bridgehead atoms. The second-order valence-corrected chi connectivity index (χ2v) is 6.22. The van der Waals surface area contributed by atoms with Crippen molar-refractivity contribution < 1.29 is 9.84 Å². The minimum atomic E-state index is 0.317. The molecular weight excluding hydrogens is 240 g/mol. The van der Waals surface area contributed by atoms with Crippen molar-refractivity contribution in [1.82, 2.24) is 10.2 Å². The molecule has 2 heterocycles. The Labute approximate surface area is 117 Å². The number of ether oxygens (including phenoxy) is 1. The van der Waals surface area contributed by atoms with Crippen LogP contribution in [0.15, 0.2) is 0 Å². The summed E-state index contributed by atoms with van der Waals surface area (Å²) < 4.78 is 5.68. The van der Waals surface area contributed by atoms with Gasteiger partial charge in [-0.2, -0.15) is 0 Å². The van der Waals surface area contributed by atoms with Gasteiger partial charge in [0.15, 0.2) is 0 Å². The van der Waals surface area contributed by atoms with Crippen molar-refractivity contribution in [2.45, 2.75) is 45.1 Å². The van der Waals surface area contributed by atoms with Gasteiger partial charge in [-0.05, 0) is 45.2 Å². The highest BCUT2D eigenvalue weighted by Crippen LogP contribution is 2.32. The lowest BCUT2D eigenvalue weighted by molar-refractivity contribution is 0.0985. The van der Waals surface area contributed by atoms with Gasteiger partial charge in [0.1, 0.15) is 0 Å². The van der Waals surface area contributed by atoms with Gasteiger partial charge in [0, 0.05) is 37.8 Å².